The van der Waals surface area contributed by atoms with Crippen molar-refractivity contribution in [2.24, 2.45) is 5.14 Å². The van der Waals surface area contributed by atoms with Crippen LogP contribution in [0.15, 0.2) is 29.2 Å². The van der Waals surface area contributed by atoms with Crippen LogP contribution in [0, 0.1) is 0 Å². The molecule has 1 aromatic rings. The van der Waals surface area contributed by atoms with E-state index in [0.717, 1.165) is 24.8 Å². The van der Waals surface area contributed by atoms with Crippen molar-refractivity contribution in [1.82, 2.24) is 0 Å². The van der Waals surface area contributed by atoms with Crippen LogP contribution in [0.2, 0.25) is 0 Å². The predicted octanol–water partition coefficient (Wildman–Crippen LogP) is 1.03. The molecule has 0 radical (unpaired) electrons. The molecule has 1 aromatic carbocycles. The number of nitrogens with two attached hydrogens (primary N) is 1. The van der Waals surface area contributed by atoms with Crippen molar-refractivity contribution >= 4 is 61.4 Å². The Labute approximate surface area is 134 Å². The standard InChI is InChI=1S/C10H15NO2S.K.H/c1-2-3-6-9-7-4-5-8-10(9)14(11,12)13;;/h4-5,7-8H,2-3,6H2,1H3,(H2,11,12,13);;. The SMILES string of the molecule is CCCCc1ccccc1S(N)(=O)=O.[KH]. The van der Waals surface area contributed by atoms with Crippen molar-refractivity contribution in [2.45, 2.75) is 31.1 Å². The number of aryl methyl sites for hydroxylation is 1. The second-order valence-corrected chi connectivity index (χ2v) is 4.79. The molecular weight excluding hydrogens is 237 g/mol. The van der Waals surface area contributed by atoms with Gasteiger partial charge in [-0.1, -0.05) is 31.5 Å². The van der Waals surface area contributed by atoms with Gasteiger partial charge in [-0.15, -0.1) is 0 Å². The third kappa shape index (κ3) is 5.08. The molecule has 1 rings (SSSR count). The Morgan fingerprint density at radius 3 is 2.40 bits per heavy atom. The van der Waals surface area contributed by atoms with Crippen LogP contribution in [-0.4, -0.2) is 59.8 Å². The van der Waals surface area contributed by atoms with Gasteiger partial charge in [0.2, 0.25) is 10.0 Å². The molecule has 0 aliphatic rings. The van der Waals surface area contributed by atoms with Crippen molar-refractivity contribution < 1.29 is 8.42 Å². The Hall–Kier alpha value is 0.766. The first-order chi connectivity index (χ1) is 6.55. The van der Waals surface area contributed by atoms with Crippen molar-refractivity contribution in [3.8, 4) is 0 Å². The topological polar surface area (TPSA) is 60.2 Å². The van der Waals surface area contributed by atoms with Crippen molar-refractivity contribution in [3.63, 3.8) is 0 Å². The molecule has 0 spiro atoms. The van der Waals surface area contributed by atoms with Crippen LogP contribution in [0.5, 0.6) is 0 Å². The number of hydrogen-bond acceptors (Lipinski definition) is 2. The van der Waals surface area contributed by atoms with Gasteiger partial charge < -0.3 is 0 Å². The third-order valence-corrected chi connectivity index (χ3v) is 3.09. The molecule has 80 valence electrons. The molecule has 0 heterocycles. The summed E-state index contributed by atoms with van der Waals surface area (Å²) in [6, 6.07) is 6.89. The van der Waals surface area contributed by atoms with Gasteiger partial charge >= 0.3 is 51.4 Å². The predicted molar refractivity (Wildman–Crippen MR) is 63.6 cm³/mol. The van der Waals surface area contributed by atoms with E-state index in [1.54, 1.807) is 12.1 Å². The molecule has 15 heavy (non-hydrogen) atoms. The monoisotopic (exact) mass is 253 g/mol. The normalized spacial score (nSPS) is 10.8. The van der Waals surface area contributed by atoms with E-state index < -0.39 is 10.0 Å². The summed E-state index contributed by atoms with van der Waals surface area (Å²) in [4.78, 5) is 0.258. The fraction of sp³-hybridized carbons (Fsp3) is 0.400. The Morgan fingerprint density at radius 2 is 1.87 bits per heavy atom. The second kappa shape index (κ2) is 7.16. The van der Waals surface area contributed by atoms with Crippen LogP contribution in [-0.2, 0) is 16.4 Å². The summed E-state index contributed by atoms with van der Waals surface area (Å²) >= 11 is 0. The van der Waals surface area contributed by atoms with Gasteiger partial charge in [0.25, 0.3) is 0 Å². The number of rotatable bonds is 4. The summed E-state index contributed by atoms with van der Waals surface area (Å²) in [7, 11) is -3.56. The Bertz CT molecular complexity index is 404. The molecule has 0 bridgehead atoms. The first-order valence-electron chi connectivity index (χ1n) is 4.66. The fourth-order valence-corrected chi connectivity index (χ4v) is 2.16. The van der Waals surface area contributed by atoms with Gasteiger partial charge in [-0.25, -0.2) is 13.6 Å². The van der Waals surface area contributed by atoms with E-state index in [9.17, 15) is 8.42 Å². The van der Waals surface area contributed by atoms with E-state index in [-0.39, 0.29) is 56.3 Å². The van der Waals surface area contributed by atoms with Gasteiger partial charge in [0.15, 0.2) is 0 Å². The zero-order valence-electron chi connectivity index (χ0n) is 8.23. The van der Waals surface area contributed by atoms with Gasteiger partial charge in [-0.05, 0) is 24.5 Å². The summed E-state index contributed by atoms with van der Waals surface area (Å²) in [5, 5.41) is 5.10. The maximum atomic E-state index is 11.2. The molecule has 0 saturated heterocycles. The summed E-state index contributed by atoms with van der Waals surface area (Å²) in [5.41, 5.74) is 0.817. The van der Waals surface area contributed by atoms with Gasteiger partial charge in [0.1, 0.15) is 0 Å². The molecular formula is C10H16KNO2S. The molecule has 0 aromatic heterocycles. The molecule has 5 heteroatoms. The minimum absolute atomic E-state index is 0. The van der Waals surface area contributed by atoms with Crippen molar-refractivity contribution in [1.29, 1.82) is 0 Å². The van der Waals surface area contributed by atoms with E-state index in [0.29, 0.717) is 0 Å². The number of primary sulfonamides is 1. The fourth-order valence-electron chi connectivity index (χ4n) is 1.36. The van der Waals surface area contributed by atoms with Crippen LogP contribution in [0.1, 0.15) is 25.3 Å². The average Bonchev–Trinajstić information content (AvgIpc) is 2.14. The van der Waals surface area contributed by atoms with Gasteiger partial charge in [-0.3, -0.25) is 0 Å². The summed E-state index contributed by atoms with van der Waals surface area (Å²) in [6.45, 7) is 2.07. The number of unbranched alkanes of at least 4 members (excludes halogenated alkanes) is 1. The minimum atomic E-state index is -3.56. The number of hydrogen-bond donors (Lipinski definition) is 1. The first kappa shape index (κ1) is 15.8. The zero-order valence-corrected chi connectivity index (χ0v) is 9.05. The van der Waals surface area contributed by atoms with Crippen molar-refractivity contribution in [2.75, 3.05) is 0 Å². The average molecular weight is 253 g/mol. The molecule has 0 aliphatic carbocycles. The van der Waals surface area contributed by atoms with Crippen LogP contribution in [0.3, 0.4) is 0 Å². The first-order valence-corrected chi connectivity index (χ1v) is 6.21. The number of benzene rings is 1. The van der Waals surface area contributed by atoms with Crippen LogP contribution >= 0.6 is 0 Å². The molecule has 0 unspecified atom stereocenters. The Kier molecular flexibility index (Phi) is 7.53. The van der Waals surface area contributed by atoms with Gasteiger partial charge in [-0.2, -0.15) is 0 Å². The van der Waals surface area contributed by atoms with E-state index in [4.69, 9.17) is 5.14 Å². The van der Waals surface area contributed by atoms with Crippen LogP contribution in [0.4, 0.5) is 0 Å². The molecule has 0 fully saturated rings. The molecule has 2 N–H and O–H groups in total. The quantitative estimate of drug-likeness (QED) is 0.815. The third-order valence-electron chi connectivity index (χ3n) is 2.08. The number of sulfonamides is 1. The van der Waals surface area contributed by atoms with E-state index in [1.165, 1.54) is 0 Å². The van der Waals surface area contributed by atoms with Crippen molar-refractivity contribution in [3.05, 3.63) is 29.8 Å². The van der Waals surface area contributed by atoms with E-state index in [1.807, 2.05) is 12.1 Å². The maximum absolute atomic E-state index is 11.2. The summed E-state index contributed by atoms with van der Waals surface area (Å²) in [5.74, 6) is 0. The van der Waals surface area contributed by atoms with E-state index in [2.05, 4.69) is 6.92 Å². The molecule has 0 atom stereocenters. The molecule has 0 aliphatic heterocycles. The Balaban J connectivity index is 0.00000196. The van der Waals surface area contributed by atoms with E-state index >= 15 is 0 Å². The summed E-state index contributed by atoms with van der Waals surface area (Å²) < 4.78 is 22.4. The van der Waals surface area contributed by atoms with Gasteiger partial charge in [0, 0.05) is 0 Å². The van der Waals surface area contributed by atoms with Crippen LogP contribution < -0.4 is 5.14 Å². The Morgan fingerprint density at radius 1 is 1.27 bits per heavy atom. The van der Waals surface area contributed by atoms with Crippen LogP contribution in [0.25, 0.3) is 0 Å². The molecule has 0 amide bonds. The second-order valence-electron chi connectivity index (χ2n) is 3.26. The molecule has 0 saturated carbocycles. The molecule has 3 nitrogen and oxygen atoms in total. The summed E-state index contributed by atoms with van der Waals surface area (Å²) in [6.07, 6.45) is 2.79. The van der Waals surface area contributed by atoms with Gasteiger partial charge in [0.05, 0.1) is 4.90 Å². The zero-order chi connectivity index (χ0) is 10.6.